The van der Waals surface area contributed by atoms with Crippen LogP contribution < -0.4 is 5.32 Å². The van der Waals surface area contributed by atoms with Crippen molar-refractivity contribution in [2.75, 3.05) is 18.4 Å². The van der Waals surface area contributed by atoms with E-state index in [1.54, 1.807) is 13.0 Å². The summed E-state index contributed by atoms with van der Waals surface area (Å²) in [5, 5.41) is 2.40. The number of pyridine rings is 1. The Balaban J connectivity index is 1.62. The highest BCUT2D eigenvalue weighted by Gasteiger charge is 2.27. The van der Waals surface area contributed by atoms with Crippen LogP contribution in [0.1, 0.15) is 19.8 Å². The summed E-state index contributed by atoms with van der Waals surface area (Å²) in [7, 11) is -3.53. The predicted octanol–water partition coefficient (Wildman–Crippen LogP) is 3.26. The molecule has 1 N–H and O–H groups in total. The average Bonchev–Trinajstić information content (AvgIpc) is 3.21. The zero-order chi connectivity index (χ0) is 20.3. The molecule has 1 aromatic heterocycles. The van der Waals surface area contributed by atoms with Gasteiger partial charge in [0.05, 0.1) is 10.3 Å². The van der Waals surface area contributed by atoms with Gasteiger partial charge in [0.1, 0.15) is 4.90 Å². The molecular weight excluding hydrogens is 408 g/mol. The fraction of sp³-hybridized carbons (Fsp3) is 0.333. The Kier molecular flexibility index (Phi) is 6.31. The highest BCUT2D eigenvalue weighted by atomic mass is 32.2. The second-order valence-electron chi connectivity index (χ2n) is 6.32. The second kappa shape index (κ2) is 8.54. The van der Waals surface area contributed by atoms with Gasteiger partial charge in [0, 0.05) is 31.0 Å². The van der Waals surface area contributed by atoms with Gasteiger partial charge in [0.2, 0.25) is 15.9 Å². The number of sulfonamides is 1. The number of amides is 1. The highest BCUT2D eigenvalue weighted by molar-refractivity contribution is 8.00. The monoisotopic (exact) mass is 427 g/mol. The lowest BCUT2D eigenvalue weighted by atomic mass is 10.3. The number of carbonyl (C=O) groups excluding carboxylic acids is 1. The topological polar surface area (TPSA) is 79.4 Å². The Morgan fingerprint density at radius 1 is 1.18 bits per heavy atom. The maximum atomic E-state index is 13.2. The van der Waals surface area contributed by atoms with E-state index < -0.39 is 32.8 Å². The Labute approximate surface area is 166 Å². The van der Waals surface area contributed by atoms with Crippen molar-refractivity contribution in [3.05, 3.63) is 48.2 Å². The summed E-state index contributed by atoms with van der Waals surface area (Å²) < 4.78 is 52.6. The maximum Gasteiger partial charge on any atom is 0.244 e. The lowest BCUT2D eigenvalue weighted by molar-refractivity contribution is -0.115. The SMILES string of the molecule is CC(Sc1ccc(S(=O)(=O)N2CCCC2)cn1)C(=O)Nc1ccc(F)c(F)c1. The fourth-order valence-corrected chi connectivity index (χ4v) is 4.97. The fourth-order valence-electron chi connectivity index (χ4n) is 2.72. The van der Waals surface area contributed by atoms with Gasteiger partial charge in [-0.2, -0.15) is 4.31 Å². The van der Waals surface area contributed by atoms with Crippen molar-refractivity contribution in [2.45, 2.75) is 34.9 Å². The molecule has 28 heavy (non-hydrogen) atoms. The summed E-state index contributed by atoms with van der Waals surface area (Å²) >= 11 is 1.13. The van der Waals surface area contributed by atoms with Gasteiger partial charge in [-0.15, -0.1) is 0 Å². The minimum atomic E-state index is -3.53. The molecule has 10 heteroatoms. The van der Waals surface area contributed by atoms with Gasteiger partial charge >= 0.3 is 0 Å². The Bertz CT molecular complexity index is 963. The number of anilines is 1. The average molecular weight is 427 g/mol. The van der Waals surface area contributed by atoms with E-state index in [9.17, 15) is 22.0 Å². The molecule has 2 heterocycles. The number of hydrogen-bond donors (Lipinski definition) is 1. The first-order valence-corrected chi connectivity index (χ1v) is 11.0. The Morgan fingerprint density at radius 2 is 1.89 bits per heavy atom. The summed E-state index contributed by atoms with van der Waals surface area (Å²) in [6.07, 6.45) is 2.99. The number of aromatic nitrogens is 1. The van der Waals surface area contributed by atoms with Crippen LogP contribution >= 0.6 is 11.8 Å². The van der Waals surface area contributed by atoms with Crippen molar-refractivity contribution in [3.8, 4) is 0 Å². The quantitative estimate of drug-likeness (QED) is 0.716. The lowest BCUT2D eigenvalue weighted by Crippen LogP contribution is -2.28. The molecule has 1 aliphatic heterocycles. The van der Waals surface area contributed by atoms with Crippen LogP contribution in [0.3, 0.4) is 0 Å². The first-order valence-electron chi connectivity index (χ1n) is 8.66. The summed E-state index contributed by atoms with van der Waals surface area (Å²) in [4.78, 5) is 16.5. The van der Waals surface area contributed by atoms with E-state index in [0.29, 0.717) is 18.1 Å². The van der Waals surface area contributed by atoms with E-state index in [1.165, 1.54) is 22.6 Å². The standard InChI is InChI=1S/C18H19F2N3O3S2/c1-12(18(24)22-13-4-6-15(19)16(20)10-13)27-17-7-5-14(11-21-17)28(25,26)23-8-2-3-9-23/h4-7,10-12H,2-3,8-9H2,1H3,(H,22,24). The van der Waals surface area contributed by atoms with Crippen molar-refractivity contribution >= 4 is 33.4 Å². The molecule has 0 spiro atoms. The first-order chi connectivity index (χ1) is 13.3. The molecule has 6 nitrogen and oxygen atoms in total. The molecule has 1 amide bonds. The smallest absolute Gasteiger partial charge is 0.244 e. The van der Waals surface area contributed by atoms with Gasteiger partial charge in [-0.05, 0) is 44.0 Å². The summed E-state index contributed by atoms with van der Waals surface area (Å²) in [6.45, 7) is 2.66. The van der Waals surface area contributed by atoms with Gasteiger partial charge in [-0.1, -0.05) is 11.8 Å². The highest BCUT2D eigenvalue weighted by Crippen LogP contribution is 2.25. The van der Waals surface area contributed by atoms with Gasteiger partial charge in [-0.3, -0.25) is 4.79 Å². The molecule has 1 saturated heterocycles. The van der Waals surface area contributed by atoms with Gasteiger partial charge in [0.15, 0.2) is 11.6 Å². The van der Waals surface area contributed by atoms with Crippen LogP contribution in [0.5, 0.6) is 0 Å². The van der Waals surface area contributed by atoms with E-state index in [0.717, 1.165) is 36.7 Å². The molecule has 0 aliphatic carbocycles. The molecule has 1 aliphatic rings. The van der Waals surface area contributed by atoms with Gasteiger partial charge in [0.25, 0.3) is 0 Å². The van der Waals surface area contributed by atoms with Crippen LogP contribution in [0.25, 0.3) is 0 Å². The van der Waals surface area contributed by atoms with Gasteiger partial charge < -0.3 is 5.32 Å². The van der Waals surface area contributed by atoms with E-state index in [2.05, 4.69) is 10.3 Å². The minimum absolute atomic E-state index is 0.123. The maximum absolute atomic E-state index is 13.2. The largest absolute Gasteiger partial charge is 0.325 e. The van der Waals surface area contributed by atoms with Crippen molar-refractivity contribution in [2.24, 2.45) is 0 Å². The van der Waals surface area contributed by atoms with E-state index in [-0.39, 0.29) is 10.6 Å². The molecule has 3 rings (SSSR count). The second-order valence-corrected chi connectivity index (χ2v) is 9.62. The summed E-state index contributed by atoms with van der Waals surface area (Å²) in [6, 6.07) is 6.13. The molecule has 1 atom stereocenters. The van der Waals surface area contributed by atoms with Crippen molar-refractivity contribution in [1.82, 2.24) is 9.29 Å². The van der Waals surface area contributed by atoms with Crippen LogP contribution in [0.2, 0.25) is 0 Å². The number of nitrogens with zero attached hydrogens (tertiary/aromatic N) is 2. The summed E-state index contributed by atoms with van der Waals surface area (Å²) in [5.74, 6) is -2.45. The van der Waals surface area contributed by atoms with Crippen molar-refractivity contribution in [3.63, 3.8) is 0 Å². The van der Waals surface area contributed by atoms with Crippen molar-refractivity contribution < 1.29 is 22.0 Å². The molecular formula is C18H19F2N3O3S2. The number of nitrogens with one attached hydrogen (secondary N) is 1. The van der Waals surface area contributed by atoms with E-state index in [4.69, 9.17) is 0 Å². The Hall–Kier alpha value is -2.04. The molecule has 1 fully saturated rings. The molecule has 0 saturated carbocycles. The van der Waals surface area contributed by atoms with Crippen LogP contribution in [-0.2, 0) is 14.8 Å². The zero-order valence-electron chi connectivity index (χ0n) is 15.1. The number of rotatable bonds is 6. The predicted molar refractivity (Wildman–Crippen MR) is 103 cm³/mol. The third-order valence-corrected chi connectivity index (χ3v) is 7.20. The third-order valence-electron chi connectivity index (χ3n) is 4.27. The molecule has 1 aromatic carbocycles. The summed E-state index contributed by atoms with van der Waals surface area (Å²) in [5.41, 5.74) is 0.149. The normalized spacial score (nSPS) is 16.1. The molecule has 1 unspecified atom stereocenters. The van der Waals surface area contributed by atoms with E-state index in [1.807, 2.05) is 0 Å². The minimum Gasteiger partial charge on any atom is -0.325 e. The van der Waals surface area contributed by atoms with Crippen molar-refractivity contribution in [1.29, 1.82) is 0 Å². The van der Waals surface area contributed by atoms with E-state index >= 15 is 0 Å². The van der Waals surface area contributed by atoms with Gasteiger partial charge in [-0.25, -0.2) is 22.2 Å². The van der Waals surface area contributed by atoms with Crippen LogP contribution in [0, 0.1) is 11.6 Å². The van der Waals surface area contributed by atoms with Crippen LogP contribution in [0.4, 0.5) is 14.5 Å². The number of carbonyl (C=O) groups is 1. The van der Waals surface area contributed by atoms with Crippen LogP contribution in [0.15, 0.2) is 46.5 Å². The number of benzene rings is 1. The molecule has 150 valence electrons. The lowest BCUT2D eigenvalue weighted by Gasteiger charge is -2.15. The first kappa shape index (κ1) is 20.7. The number of thioether (sulfide) groups is 1. The zero-order valence-corrected chi connectivity index (χ0v) is 16.7. The third kappa shape index (κ3) is 4.68. The van der Waals surface area contributed by atoms with Crippen LogP contribution in [-0.4, -0.2) is 42.0 Å². The molecule has 0 bridgehead atoms. The molecule has 2 aromatic rings. The number of hydrogen-bond acceptors (Lipinski definition) is 5. The number of halogens is 2. The molecule has 0 radical (unpaired) electrons. The Morgan fingerprint density at radius 3 is 2.50 bits per heavy atom.